The molecule has 0 saturated heterocycles. The summed E-state index contributed by atoms with van der Waals surface area (Å²) < 4.78 is 33.7. The number of rotatable bonds is 8. The van der Waals surface area contributed by atoms with Crippen molar-refractivity contribution in [1.82, 2.24) is 0 Å². The molecule has 0 unspecified atom stereocenters. The second-order valence-electron chi connectivity index (χ2n) is 4.34. The minimum absolute atomic E-state index is 0.00419. The van der Waals surface area contributed by atoms with E-state index in [-0.39, 0.29) is 36.2 Å². The Hall–Kier alpha value is -1.86. The zero-order valence-electron chi connectivity index (χ0n) is 11.7. The van der Waals surface area contributed by atoms with Gasteiger partial charge in [0.2, 0.25) is 0 Å². The van der Waals surface area contributed by atoms with Crippen LogP contribution in [0.5, 0.6) is 5.75 Å². The average Bonchev–Trinajstić information content (AvgIpc) is 2.42. The van der Waals surface area contributed by atoms with Crippen LogP contribution < -0.4 is 0 Å². The van der Waals surface area contributed by atoms with Gasteiger partial charge in [0.15, 0.2) is 9.84 Å². The van der Waals surface area contributed by atoms with Crippen LogP contribution in [0.2, 0.25) is 0 Å². The summed E-state index contributed by atoms with van der Waals surface area (Å²) in [5, 5.41) is 9.11. The lowest BCUT2D eigenvalue weighted by Gasteiger charge is -2.07. The van der Waals surface area contributed by atoms with Gasteiger partial charge in [-0.25, -0.2) is 13.2 Å². The van der Waals surface area contributed by atoms with E-state index >= 15 is 0 Å². The van der Waals surface area contributed by atoms with Gasteiger partial charge < -0.3 is 14.6 Å². The highest BCUT2D eigenvalue weighted by Crippen LogP contribution is 2.15. The number of sulfone groups is 1. The molecule has 0 saturated carbocycles. The number of hydrogen-bond donors (Lipinski definition) is 1. The van der Waals surface area contributed by atoms with Gasteiger partial charge >= 0.3 is 5.97 Å². The number of aromatic hydroxyl groups is 1. The van der Waals surface area contributed by atoms with Crippen molar-refractivity contribution in [3.63, 3.8) is 0 Å². The molecule has 1 N–H and O–H groups in total. The molecule has 0 radical (unpaired) electrons. The first-order valence-corrected chi connectivity index (χ1v) is 7.90. The lowest BCUT2D eigenvalue weighted by atomic mass is 10.3. The highest BCUT2D eigenvalue weighted by Gasteiger charge is 2.14. The molecule has 0 amide bonds. The maximum Gasteiger partial charge on any atom is 0.333 e. The number of phenols is 1. The van der Waals surface area contributed by atoms with Crippen molar-refractivity contribution in [2.24, 2.45) is 0 Å². The molecule has 1 aromatic rings. The number of carbonyl (C=O) groups is 1. The van der Waals surface area contributed by atoms with Crippen LogP contribution in [0.1, 0.15) is 6.92 Å². The van der Waals surface area contributed by atoms with Gasteiger partial charge in [0.25, 0.3) is 0 Å². The summed E-state index contributed by atoms with van der Waals surface area (Å²) >= 11 is 0. The standard InChI is InChI=1S/C14H18O6S/c1-11(2)14(16)20-8-7-19-9-10-21(17,18)13-5-3-12(15)4-6-13/h3-6,15H,1,7-10H2,2H3. The second kappa shape index (κ2) is 7.80. The van der Waals surface area contributed by atoms with Crippen molar-refractivity contribution in [3.8, 4) is 5.75 Å². The number of hydrogen-bond acceptors (Lipinski definition) is 6. The van der Waals surface area contributed by atoms with Gasteiger partial charge in [-0.2, -0.15) is 0 Å². The average molecular weight is 314 g/mol. The van der Waals surface area contributed by atoms with Gasteiger partial charge in [-0.1, -0.05) is 6.58 Å². The molecule has 0 bridgehead atoms. The number of phenolic OH excluding ortho intramolecular Hbond substituents is 1. The van der Waals surface area contributed by atoms with Crippen molar-refractivity contribution in [3.05, 3.63) is 36.4 Å². The van der Waals surface area contributed by atoms with E-state index in [9.17, 15) is 13.2 Å². The van der Waals surface area contributed by atoms with E-state index in [1.54, 1.807) is 0 Å². The Morgan fingerprint density at radius 2 is 1.81 bits per heavy atom. The molecule has 7 heteroatoms. The van der Waals surface area contributed by atoms with Crippen molar-refractivity contribution in [2.75, 3.05) is 25.6 Å². The Kier molecular flexibility index (Phi) is 6.39. The van der Waals surface area contributed by atoms with Crippen LogP contribution in [0.15, 0.2) is 41.3 Å². The van der Waals surface area contributed by atoms with Crippen molar-refractivity contribution < 1.29 is 27.8 Å². The van der Waals surface area contributed by atoms with E-state index in [1.807, 2.05) is 0 Å². The fourth-order valence-corrected chi connectivity index (χ4v) is 2.48. The molecule has 0 aliphatic carbocycles. The minimum atomic E-state index is -3.45. The van der Waals surface area contributed by atoms with E-state index in [2.05, 4.69) is 6.58 Å². The molecule has 0 atom stereocenters. The van der Waals surface area contributed by atoms with Crippen LogP contribution in [0, 0.1) is 0 Å². The molecule has 1 aromatic carbocycles. The van der Waals surface area contributed by atoms with Crippen LogP contribution in [0.3, 0.4) is 0 Å². The topological polar surface area (TPSA) is 89.9 Å². The summed E-state index contributed by atoms with van der Waals surface area (Å²) in [5.41, 5.74) is 0.296. The highest BCUT2D eigenvalue weighted by molar-refractivity contribution is 7.91. The Morgan fingerprint density at radius 3 is 2.38 bits per heavy atom. The molecule has 0 spiro atoms. The first-order valence-electron chi connectivity index (χ1n) is 6.25. The summed E-state index contributed by atoms with van der Waals surface area (Å²) in [7, 11) is -3.45. The molecule has 0 aromatic heterocycles. The largest absolute Gasteiger partial charge is 0.508 e. The van der Waals surface area contributed by atoms with Crippen LogP contribution in [-0.4, -0.2) is 45.1 Å². The predicted octanol–water partition coefficient (Wildman–Crippen LogP) is 1.30. The third-order valence-electron chi connectivity index (χ3n) is 2.50. The van der Waals surface area contributed by atoms with E-state index < -0.39 is 15.8 Å². The Morgan fingerprint density at radius 1 is 1.19 bits per heavy atom. The van der Waals surface area contributed by atoms with E-state index in [4.69, 9.17) is 14.6 Å². The minimum Gasteiger partial charge on any atom is -0.508 e. The number of esters is 1. The summed E-state index contributed by atoms with van der Waals surface area (Å²) in [6, 6.07) is 5.29. The molecule has 116 valence electrons. The summed E-state index contributed by atoms with van der Waals surface area (Å²) in [6.07, 6.45) is 0. The smallest absolute Gasteiger partial charge is 0.333 e. The molecular formula is C14H18O6S. The van der Waals surface area contributed by atoms with E-state index in [0.717, 1.165) is 0 Å². The third kappa shape index (κ3) is 5.97. The fourth-order valence-electron chi connectivity index (χ4n) is 1.36. The molecule has 0 heterocycles. The first-order chi connectivity index (χ1) is 9.83. The van der Waals surface area contributed by atoms with E-state index in [1.165, 1.54) is 31.2 Å². The number of carbonyl (C=O) groups excluding carboxylic acids is 1. The Labute approximate surface area is 123 Å². The Bertz CT molecular complexity index is 588. The third-order valence-corrected chi connectivity index (χ3v) is 4.20. The van der Waals surface area contributed by atoms with Crippen LogP contribution >= 0.6 is 0 Å². The molecule has 21 heavy (non-hydrogen) atoms. The van der Waals surface area contributed by atoms with Gasteiger partial charge in [0, 0.05) is 5.57 Å². The quantitative estimate of drug-likeness (QED) is 0.442. The zero-order chi connectivity index (χ0) is 15.9. The molecular weight excluding hydrogens is 296 g/mol. The van der Waals surface area contributed by atoms with E-state index in [0.29, 0.717) is 5.57 Å². The summed E-state index contributed by atoms with van der Waals surface area (Å²) in [6.45, 7) is 5.12. The lowest BCUT2D eigenvalue weighted by molar-refractivity contribution is -0.140. The zero-order valence-corrected chi connectivity index (χ0v) is 12.6. The molecule has 1 rings (SSSR count). The fraction of sp³-hybridized carbons (Fsp3) is 0.357. The van der Waals surface area contributed by atoms with Crippen molar-refractivity contribution in [2.45, 2.75) is 11.8 Å². The maximum absolute atomic E-state index is 11.9. The number of benzene rings is 1. The first kappa shape index (κ1) is 17.2. The van der Waals surface area contributed by atoms with Crippen molar-refractivity contribution in [1.29, 1.82) is 0 Å². The summed E-state index contributed by atoms with van der Waals surface area (Å²) in [4.78, 5) is 11.2. The van der Waals surface area contributed by atoms with Gasteiger partial charge in [0.05, 0.1) is 23.9 Å². The summed E-state index contributed by atoms with van der Waals surface area (Å²) in [5.74, 6) is -0.688. The van der Waals surface area contributed by atoms with Crippen LogP contribution in [0.25, 0.3) is 0 Å². The monoisotopic (exact) mass is 314 g/mol. The van der Waals surface area contributed by atoms with Crippen molar-refractivity contribution >= 4 is 15.8 Å². The predicted molar refractivity (Wildman–Crippen MR) is 76.8 cm³/mol. The highest BCUT2D eigenvalue weighted by atomic mass is 32.2. The number of ether oxygens (including phenoxy) is 2. The van der Waals surface area contributed by atoms with Gasteiger partial charge in [-0.15, -0.1) is 0 Å². The van der Waals surface area contributed by atoms with Crippen LogP contribution in [-0.2, 0) is 24.1 Å². The van der Waals surface area contributed by atoms with Gasteiger partial charge in [-0.3, -0.25) is 0 Å². The molecule has 6 nitrogen and oxygen atoms in total. The lowest BCUT2D eigenvalue weighted by Crippen LogP contribution is -2.16. The Balaban J connectivity index is 2.30. The normalized spacial score (nSPS) is 11.1. The molecule has 0 aliphatic rings. The van der Waals surface area contributed by atoms with Crippen LogP contribution in [0.4, 0.5) is 0 Å². The molecule has 0 aliphatic heterocycles. The maximum atomic E-state index is 11.9. The SMILES string of the molecule is C=C(C)C(=O)OCCOCCS(=O)(=O)c1ccc(O)cc1. The second-order valence-corrected chi connectivity index (χ2v) is 6.45. The van der Waals surface area contributed by atoms with Gasteiger partial charge in [0.1, 0.15) is 12.4 Å². The van der Waals surface area contributed by atoms with Gasteiger partial charge in [-0.05, 0) is 31.2 Å². The molecule has 0 fully saturated rings.